The smallest absolute Gasteiger partial charge is 0.119 e. The highest BCUT2D eigenvalue weighted by Gasteiger charge is 2.28. The van der Waals surface area contributed by atoms with Crippen LogP contribution in [-0.2, 0) is 0 Å². The molecule has 1 aliphatic rings. The van der Waals surface area contributed by atoms with Crippen molar-refractivity contribution in [2.45, 2.75) is 32.4 Å². The van der Waals surface area contributed by atoms with Crippen molar-refractivity contribution in [2.24, 2.45) is 5.73 Å². The lowest BCUT2D eigenvalue weighted by Gasteiger charge is -2.41. The molecular weight excluding hydrogens is 262 g/mol. The van der Waals surface area contributed by atoms with Gasteiger partial charge in [-0.15, -0.1) is 0 Å². The Labute approximate surface area is 128 Å². The molecule has 2 atom stereocenters. The van der Waals surface area contributed by atoms with Gasteiger partial charge in [0.2, 0.25) is 0 Å². The van der Waals surface area contributed by atoms with E-state index in [1.54, 1.807) is 7.11 Å². The first-order valence-electron chi connectivity index (χ1n) is 8.05. The lowest BCUT2D eigenvalue weighted by atomic mass is 9.95. The fourth-order valence-corrected chi connectivity index (χ4v) is 3.14. The number of hydrogen-bond acceptors (Lipinski definition) is 4. The predicted molar refractivity (Wildman–Crippen MR) is 87.7 cm³/mol. The largest absolute Gasteiger partial charge is 0.497 e. The van der Waals surface area contributed by atoms with Crippen LogP contribution in [0, 0.1) is 0 Å². The van der Waals surface area contributed by atoms with Crippen molar-refractivity contribution in [1.82, 2.24) is 9.80 Å². The molecule has 0 saturated carbocycles. The lowest BCUT2D eigenvalue weighted by Crippen LogP contribution is -2.51. The molecule has 4 heteroatoms. The molecule has 2 rings (SSSR count). The summed E-state index contributed by atoms with van der Waals surface area (Å²) < 4.78 is 5.37. The van der Waals surface area contributed by atoms with E-state index in [1.807, 2.05) is 6.07 Å². The number of nitrogens with zero attached hydrogens (tertiary/aromatic N) is 2. The topological polar surface area (TPSA) is 41.7 Å². The number of methoxy groups -OCH3 is 1. The zero-order valence-corrected chi connectivity index (χ0v) is 13.6. The summed E-state index contributed by atoms with van der Waals surface area (Å²) in [5.41, 5.74) is 7.71. The van der Waals surface area contributed by atoms with E-state index in [9.17, 15) is 0 Å². The molecule has 118 valence electrons. The Hall–Kier alpha value is -1.10. The van der Waals surface area contributed by atoms with Crippen LogP contribution in [0.15, 0.2) is 24.3 Å². The zero-order valence-electron chi connectivity index (χ0n) is 13.6. The van der Waals surface area contributed by atoms with E-state index in [0.717, 1.165) is 44.9 Å². The number of ether oxygens (including phenoxy) is 1. The van der Waals surface area contributed by atoms with Crippen molar-refractivity contribution < 1.29 is 4.74 Å². The van der Waals surface area contributed by atoms with E-state index in [4.69, 9.17) is 10.5 Å². The van der Waals surface area contributed by atoms with Crippen LogP contribution in [0.4, 0.5) is 0 Å². The molecule has 2 unspecified atom stereocenters. The lowest BCUT2D eigenvalue weighted by molar-refractivity contribution is 0.0864. The second-order valence-electron chi connectivity index (χ2n) is 5.76. The Morgan fingerprint density at radius 3 is 2.48 bits per heavy atom. The quantitative estimate of drug-likeness (QED) is 0.871. The first-order valence-corrected chi connectivity index (χ1v) is 8.05. The van der Waals surface area contributed by atoms with Crippen LogP contribution in [0.25, 0.3) is 0 Å². The Kier molecular flexibility index (Phi) is 6.03. The average molecular weight is 291 g/mol. The number of hydrogen-bond donors (Lipinski definition) is 1. The molecule has 1 aromatic rings. The Morgan fingerprint density at radius 1 is 1.19 bits per heavy atom. The fourth-order valence-electron chi connectivity index (χ4n) is 3.14. The summed E-state index contributed by atoms with van der Waals surface area (Å²) in [6.07, 6.45) is 0.982. The number of piperazine rings is 1. The molecule has 1 aromatic carbocycles. The van der Waals surface area contributed by atoms with E-state index in [0.29, 0.717) is 0 Å². The van der Waals surface area contributed by atoms with E-state index in [1.165, 1.54) is 5.56 Å². The summed E-state index contributed by atoms with van der Waals surface area (Å²) in [4.78, 5) is 5.03. The minimum atomic E-state index is 0.158. The summed E-state index contributed by atoms with van der Waals surface area (Å²) in [7, 11) is 1.72. The Morgan fingerprint density at radius 2 is 1.90 bits per heavy atom. The molecule has 1 fully saturated rings. The molecule has 1 aliphatic heterocycles. The molecule has 2 N–H and O–H groups in total. The molecule has 0 aliphatic carbocycles. The maximum Gasteiger partial charge on any atom is 0.119 e. The van der Waals surface area contributed by atoms with Crippen LogP contribution in [0.5, 0.6) is 5.75 Å². The summed E-state index contributed by atoms with van der Waals surface area (Å²) >= 11 is 0. The summed E-state index contributed by atoms with van der Waals surface area (Å²) in [5.74, 6) is 0.910. The number of likely N-dealkylation sites (N-methyl/N-ethyl adjacent to an activating group) is 1. The van der Waals surface area contributed by atoms with E-state index in [2.05, 4.69) is 41.8 Å². The predicted octanol–water partition coefficient (Wildman–Crippen LogP) is 2.11. The summed E-state index contributed by atoms with van der Waals surface area (Å²) in [5, 5.41) is 0. The van der Waals surface area contributed by atoms with Gasteiger partial charge in [-0.3, -0.25) is 4.90 Å². The van der Waals surface area contributed by atoms with E-state index in [-0.39, 0.29) is 12.1 Å². The first kappa shape index (κ1) is 16.3. The van der Waals surface area contributed by atoms with Crippen molar-refractivity contribution in [3.8, 4) is 5.75 Å². The van der Waals surface area contributed by atoms with Gasteiger partial charge in [0.25, 0.3) is 0 Å². The summed E-state index contributed by atoms with van der Waals surface area (Å²) in [6.45, 7) is 9.97. The minimum absolute atomic E-state index is 0.158. The van der Waals surface area contributed by atoms with Gasteiger partial charge in [-0.05, 0) is 30.7 Å². The number of benzene rings is 1. The van der Waals surface area contributed by atoms with Crippen LogP contribution >= 0.6 is 0 Å². The van der Waals surface area contributed by atoms with Crippen molar-refractivity contribution in [3.63, 3.8) is 0 Å². The van der Waals surface area contributed by atoms with Gasteiger partial charge >= 0.3 is 0 Å². The third-order valence-electron chi connectivity index (χ3n) is 4.56. The molecule has 0 aromatic heterocycles. The highest BCUT2D eigenvalue weighted by atomic mass is 16.5. The number of nitrogens with two attached hydrogens (primary N) is 1. The minimum Gasteiger partial charge on any atom is -0.497 e. The van der Waals surface area contributed by atoms with Crippen molar-refractivity contribution >= 4 is 0 Å². The molecule has 0 amide bonds. The highest BCUT2D eigenvalue weighted by Crippen LogP contribution is 2.28. The second-order valence-corrected chi connectivity index (χ2v) is 5.76. The van der Waals surface area contributed by atoms with Crippen LogP contribution in [-0.4, -0.2) is 55.7 Å². The fraction of sp³-hybridized carbons (Fsp3) is 0.647. The standard InChI is InChI=1S/C17H29N3O/c1-4-16(18)17(14-7-6-8-15(13-14)21-3)20-11-9-19(5-2)10-12-20/h6-8,13,16-17H,4-5,9-12,18H2,1-3H3. The molecule has 0 bridgehead atoms. The van der Waals surface area contributed by atoms with Gasteiger partial charge in [0.1, 0.15) is 5.75 Å². The normalized spacial score (nSPS) is 20.2. The van der Waals surface area contributed by atoms with Gasteiger partial charge in [-0.25, -0.2) is 0 Å². The third kappa shape index (κ3) is 3.96. The van der Waals surface area contributed by atoms with E-state index < -0.39 is 0 Å². The van der Waals surface area contributed by atoms with Crippen molar-refractivity contribution in [1.29, 1.82) is 0 Å². The monoisotopic (exact) mass is 291 g/mol. The van der Waals surface area contributed by atoms with Crippen LogP contribution < -0.4 is 10.5 Å². The van der Waals surface area contributed by atoms with Crippen molar-refractivity contribution in [3.05, 3.63) is 29.8 Å². The maximum atomic E-state index is 6.44. The maximum absolute atomic E-state index is 6.44. The third-order valence-corrected chi connectivity index (χ3v) is 4.56. The van der Waals surface area contributed by atoms with Gasteiger partial charge in [0.15, 0.2) is 0 Å². The average Bonchev–Trinajstić information content (AvgIpc) is 2.55. The summed E-state index contributed by atoms with van der Waals surface area (Å²) in [6, 6.07) is 8.80. The molecule has 0 spiro atoms. The van der Waals surface area contributed by atoms with Gasteiger partial charge in [-0.1, -0.05) is 26.0 Å². The van der Waals surface area contributed by atoms with Gasteiger partial charge in [0.05, 0.1) is 13.2 Å². The molecular formula is C17H29N3O. The molecule has 1 heterocycles. The molecule has 21 heavy (non-hydrogen) atoms. The molecule has 4 nitrogen and oxygen atoms in total. The van der Waals surface area contributed by atoms with Crippen LogP contribution in [0.2, 0.25) is 0 Å². The number of rotatable bonds is 6. The highest BCUT2D eigenvalue weighted by molar-refractivity contribution is 5.31. The van der Waals surface area contributed by atoms with Gasteiger partial charge < -0.3 is 15.4 Å². The van der Waals surface area contributed by atoms with E-state index >= 15 is 0 Å². The SMILES string of the molecule is CCC(N)C(c1cccc(OC)c1)N1CCN(CC)CC1. The van der Waals surface area contributed by atoms with Crippen LogP contribution in [0.1, 0.15) is 31.9 Å². The molecule has 1 saturated heterocycles. The Bertz CT molecular complexity index is 430. The van der Waals surface area contributed by atoms with Gasteiger partial charge in [0, 0.05) is 32.2 Å². The second kappa shape index (κ2) is 7.78. The van der Waals surface area contributed by atoms with Gasteiger partial charge in [-0.2, -0.15) is 0 Å². The zero-order chi connectivity index (χ0) is 15.2. The van der Waals surface area contributed by atoms with Crippen molar-refractivity contribution in [2.75, 3.05) is 39.8 Å². The molecule has 0 radical (unpaired) electrons. The first-order chi connectivity index (χ1) is 10.2. The Balaban J connectivity index is 2.18. The van der Waals surface area contributed by atoms with Crippen LogP contribution in [0.3, 0.4) is 0 Å².